The molecule has 0 aliphatic rings. The first-order chi connectivity index (χ1) is 27.3. The third kappa shape index (κ3) is 4.48. The van der Waals surface area contributed by atoms with E-state index in [1.807, 2.05) is 0 Å². The molecule has 1 heterocycles. The Hall–Kier alpha value is -7.22. The van der Waals surface area contributed by atoms with Gasteiger partial charge in [-0.05, 0) is 129 Å². The van der Waals surface area contributed by atoms with Gasteiger partial charge in [-0.3, -0.25) is 0 Å². The Labute approximate surface area is 317 Å². The minimum Gasteiger partial charge on any atom is -0.456 e. The first-order valence-corrected chi connectivity index (χ1v) is 19.0. The Kier molecular flexibility index (Phi) is 6.40. The third-order valence-electron chi connectivity index (χ3n) is 11.8. The van der Waals surface area contributed by atoms with Gasteiger partial charge in [0.05, 0.1) is 0 Å². The van der Waals surface area contributed by atoms with Crippen molar-refractivity contribution < 1.29 is 4.42 Å². The molecule has 0 N–H and O–H groups in total. The molecule has 0 spiro atoms. The van der Waals surface area contributed by atoms with Gasteiger partial charge in [0, 0.05) is 16.2 Å². The average molecular weight is 697 g/mol. The maximum atomic E-state index is 6.78. The highest BCUT2D eigenvalue weighted by atomic mass is 16.3. The summed E-state index contributed by atoms with van der Waals surface area (Å²) in [5, 5.41) is 17.3. The summed E-state index contributed by atoms with van der Waals surface area (Å²) in [5.74, 6) is 0. The van der Waals surface area contributed by atoms with Gasteiger partial charge in [0.1, 0.15) is 11.2 Å². The maximum absolute atomic E-state index is 6.78. The van der Waals surface area contributed by atoms with Crippen molar-refractivity contribution in [3.05, 3.63) is 194 Å². The lowest BCUT2D eigenvalue weighted by Gasteiger charge is -2.18. The molecule has 0 saturated carbocycles. The first-order valence-electron chi connectivity index (χ1n) is 19.0. The molecule has 0 fully saturated rings. The Balaban J connectivity index is 1.09. The summed E-state index contributed by atoms with van der Waals surface area (Å²) >= 11 is 0. The fourth-order valence-electron chi connectivity index (χ4n) is 9.39. The molecule has 0 atom stereocenters. The molecule has 1 nitrogen and oxygen atoms in total. The number of fused-ring (bicyclic) bond motifs is 13. The second kappa shape index (κ2) is 11.6. The number of hydrogen-bond acceptors (Lipinski definition) is 1. The topological polar surface area (TPSA) is 13.1 Å². The monoisotopic (exact) mass is 696 g/mol. The van der Waals surface area contributed by atoms with Crippen molar-refractivity contribution in [1.82, 2.24) is 0 Å². The number of hydrogen-bond donors (Lipinski definition) is 0. The van der Waals surface area contributed by atoms with Crippen molar-refractivity contribution in [1.29, 1.82) is 0 Å². The van der Waals surface area contributed by atoms with Gasteiger partial charge in [0.2, 0.25) is 0 Å². The Morgan fingerprint density at radius 1 is 0.236 bits per heavy atom. The lowest BCUT2D eigenvalue weighted by atomic mass is 9.85. The molecule has 0 aliphatic heterocycles. The van der Waals surface area contributed by atoms with Gasteiger partial charge in [0.25, 0.3) is 0 Å². The molecule has 0 aliphatic carbocycles. The largest absolute Gasteiger partial charge is 0.456 e. The fourth-order valence-corrected chi connectivity index (χ4v) is 9.39. The summed E-state index contributed by atoms with van der Waals surface area (Å²) in [6.45, 7) is 0. The number of rotatable bonds is 3. The van der Waals surface area contributed by atoms with Crippen LogP contribution in [0.1, 0.15) is 0 Å². The molecular formula is C54H32O. The van der Waals surface area contributed by atoms with Gasteiger partial charge < -0.3 is 4.42 Å². The van der Waals surface area contributed by atoms with E-state index < -0.39 is 0 Å². The van der Waals surface area contributed by atoms with Crippen molar-refractivity contribution in [3.8, 4) is 33.4 Å². The zero-order chi connectivity index (χ0) is 36.0. The maximum Gasteiger partial charge on any atom is 0.136 e. The molecule has 0 amide bonds. The molecule has 12 rings (SSSR count). The smallest absolute Gasteiger partial charge is 0.136 e. The van der Waals surface area contributed by atoms with Crippen LogP contribution in [0.2, 0.25) is 0 Å². The van der Waals surface area contributed by atoms with Crippen molar-refractivity contribution >= 4 is 86.6 Å². The standard InChI is InChI=1S/C54H32O/c1-2-13-34-30-36(25-24-33(34)12-1)35-14-11-15-37(31-35)51-43-20-7-9-22-45(43)52(46-23-10-8-21-44(46)51)38-26-27-48-50(32-38)55-49-29-28-47-41-18-4-3-16-39(41)40-17-5-6-19-42(40)53(47)54(48)49/h1-32H. The summed E-state index contributed by atoms with van der Waals surface area (Å²) in [6.07, 6.45) is 0. The zero-order valence-corrected chi connectivity index (χ0v) is 29.9. The highest BCUT2D eigenvalue weighted by Crippen LogP contribution is 2.47. The summed E-state index contributed by atoms with van der Waals surface area (Å²) in [6, 6.07) is 71.0. The van der Waals surface area contributed by atoms with Gasteiger partial charge in [-0.25, -0.2) is 0 Å². The summed E-state index contributed by atoms with van der Waals surface area (Å²) < 4.78 is 6.78. The molecular weight excluding hydrogens is 665 g/mol. The predicted octanol–water partition coefficient (Wildman–Crippen LogP) is 15.5. The van der Waals surface area contributed by atoms with Crippen LogP contribution >= 0.6 is 0 Å². The van der Waals surface area contributed by atoms with Crippen molar-refractivity contribution in [2.24, 2.45) is 0 Å². The molecule has 1 aromatic heterocycles. The molecule has 1 heteroatoms. The van der Waals surface area contributed by atoms with Gasteiger partial charge in [-0.2, -0.15) is 0 Å². The molecule has 11 aromatic carbocycles. The van der Waals surface area contributed by atoms with E-state index in [-0.39, 0.29) is 0 Å². The van der Waals surface area contributed by atoms with Crippen LogP contribution in [0, 0.1) is 0 Å². The first kappa shape index (κ1) is 30.3. The SMILES string of the molecule is c1cc(-c2ccc3ccccc3c2)cc(-c2c3ccccc3c(-c3ccc4c(c3)oc3ccc5c6ccccc6c6ccccc6c5c34)c3ccccc23)c1. The molecule has 0 radical (unpaired) electrons. The Bertz CT molecular complexity index is 3460. The van der Waals surface area contributed by atoms with Gasteiger partial charge in [-0.15, -0.1) is 0 Å². The Morgan fingerprint density at radius 3 is 1.38 bits per heavy atom. The van der Waals surface area contributed by atoms with Gasteiger partial charge >= 0.3 is 0 Å². The van der Waals surface area contributed by atoms with E-state index in [1.165, 1.54) is 97.8 Å². The van der Waals surface area contributed by atoms with Crippen LogP contribution in [0.25, 0.3) is 120 Å². The van der Waals surface area contributed by atoms with Gasteiger partial charge in [-0.1, -0.05) is 158 Å². The fraction of sp³-hybridized carbons (Fsp3) is 0. The van der Waals surface area contributed by atoms with E-state index in [4.69, 9.17) is 4.42 Å². The molecule has 0 saturated heterocycles. The van der Waals surface area contributed by atoms with Crippen molar-refractivity contribution in [2.75, 3.05) is 0 Å². The van der Waals surface area contributed by atoms with E-state index in [1.54, 1.807) is 0 Å². The molecule has 0 unspecified atom stereocenters. The number of benzene rings is 11. The highest BCUT2D eigenvalue weighted by molar-refractivity contribution is 6.34. The second-order valence-electron chi connectivity index (χ2n) is 14.7. The van der Waals surface area contributed by atoms with Crippen LogP contribution in [0.5, 0.6) is 0 Å². The molecule has 254 valence electrons. The van der Waals surface area contributed by atoms with Crippen LogP contribution in [-0.4, -0.2) is 0 Å². The lowest BCUT2D eigenvalue weighted by Crippen LogP contribution is -1.91. The molecule has 0 bridgehead atoms. The number of furan rings is 1. The normalized spacial score (nSPS) is 12.0. The van der Waals surface area contributed by atoms with Crippen molar-refractivity contribution in [3.63, 3.8) is 0 Å². The third-order valence-corrected chi connectivity index (χ3v) is 11.8. The lowest BCUT2D eigenvalue weighted by molar-refractivity contribution is 0.669. The summed E-state index contributed by atoms with van der Waals surface area (Å²) in [5.41, 5.74) is 9.09. The van der Waals surface area contributed by atoms with E-state index in [0.29, 0.717) is 0 Å². The minimum absolute atomic E-state index is 0.901. The minimum atomic E-state index is 0.901. The van der Waals surface area contributed by atoms with Crippen molar-refractivity contribution in [2.45, 2.75) is 0 Å². The quantitative estimate of drug-likeness (QED) is 0.132. The molecule has 12 aromatic rings. The predicted molar refractivity (Wildman–Crippen MR) is 235 cm³/mol. The van der Waals surface area contributed by atoms with Gasteiger partial charge in [0.15, 0.2) is 0 Å². The average Bonchev–Trinajstić information content (AvgIpc) is 3.63. The summed E-state index contributed by atoms with van der Waals surface area (Å²) in [7, 11) is 0. The van der Waals surface area contributed by atoms with E-state index >= 15 is 0 Å². The van der Waals surface area contributed by atoms with E-state index in [2.05, 4.69) is 194 Å². The van der Waals surface area contributed by atoms with Crippen LogP contribution in [0.15, 0.2) is 199 Å². The molecule has 55 heavy (non-hydrogen) atoms. The van der Waals surface area contributed by atoms with E-state index in [9.17, 15) is 0 Å². The highest BCUT2D eigenvalue weighted by Gasteiger charge is 2.20. The Morgan fingerprint density at radius 2 is 0.709 bits per heavy atom. The van der Waals surface area contributed by atoms with Crippen LogP contribution in [0.3, 0.4) is 0 Å². The van der Waals surface area contributed by atoms with E-state index in [0.717, 1.165) is 22.1 Å². The van der Waals surface area contributed by atoms with Crippen LogP contribution in [-0.2, 0) is 0 Å². The second-order valence-corrected chi connectivity index (χ2v) is 14.7. The van der Waals surface area contributed by atoms with Crippen LogP contribution in [0.4, 0.5) is 0 Å². The zero-order valence-electron chi connectivity index (χ0n) is 29.9. The van der Waals surface area contributed by atoms with Crippen LogP contribution < -0.4 is 0 Å². The summed E-state index contributed by atoms with van der Waals surface area (Å²) in [4.78, 5) is 0.